The number of benzene rings is 2. The van der Waals surface area contributed by atoms with E-state index in [1.807, 2.05) is 30.3 Å². The minimum Gasteiger partial charge on any atom is -0.493 e. The molecule has 0 aliphatic carbocycles. The molecule has 8 heteroatoms. The number of hydrogen-bond acceptors (Lipinski definition) is 7. The lowest BCUT2D eigenvalue weighted by Crippen LogP contribution is -2.19. The molecule has 6 nitrogen and oxygen atoms in total. The molecule has 3 aromatic rings. The Bertz CT molecular complexity index is 1220. The summed E-state index contributed by atoms with van der Waals surface area (Å²) in [5.74, 6) is 1.90. The third-order valence-electron chi connectivity index (χ3n) is 4.04. The van der Waals surface area contributed by atoms with Crippen molar-refractivity contribution in [3.63, 3.8) is 0 Å². The summed E-state index contributed by atoms with van der Waals surface area (Å²) in [6.45, 7) is 0.195. The molecule has 2 aliphatic heterocycles. The summed E-state index contributed by atoms with van der Waals surface area (Å²) in [5, 5.41) is 12.3. The Morgan fingerprint density at radius 2 is 1.81 bits per heavy atom. The van der Waals surface area contributed by atoms with E-state index < -0.39 is 0 Å². The fourth-order valence-corrected chi connectivity index (χ4v) is 4.11. The van der Waals surface area contributed by atoms with E-state index in [-0.39, 0.29) is 12.7 Å². The topological polar surface area (TPSA) is 68.3 Å². The van der Waals surface area contributed by atoms with Crippen molar-refractivity contribution in [2.75, 3.05) is 6.79 Å². The second kappa shape index (κ2) is 5.79. The first-order chi connectivity index (χ1) is 12.7. The van der Waals surface area contributed by atoms with Crippen LogP contribution < -0.4 is 20.2 Å². The highest BCUT2D eigenvalue weighted by molar-refractivity contribution is 7.73. The van der Waals surface area contributed by atoms with Crippen LogP contribution in [0.5, 0.6) is 17.4 Å². The van der Waals surface area contributed by atoms with Crippen LogP contribution in [0.25, 0.3) is 11.8 Å². The fraction of sp³-hybridized carbons (Fsp3) is 0.0556. The van der Waals surface area contributed by atoms with Gasteiger partial charge in [0, 0.05) is 12.1 Å². The number of thiazole rings is 1. The SMILES string of the molecule is Oc1c(C=C2N=c3ccccc3=N2)sc(=S)n1-c1ccc2c(c1)OCO2. The van der Waals surface area contributed by atoms with Gasteiger partial charge in [-0.3, -0.25) is 4.57 Å². The monoisotopic (exact) mass is 381 g/mol. The summed E-state index contributed by atoms with van der Waals surface area (Å²) in [6.07, 6.45) is 1.74. The van der Waals surface area contributed by atoms with Gasteiger partial charge >= 0.3 is 0 Å². The molecule has 0 amide bonds. The number of aromatic nitrogens is 1. The molecule has 0 spiro atoms. The highest BCUT2D eigenvalue weighted by atomic mass is 32.1. The zero-order valence-electron chi connectivity index (χ0n) is 13.2. The van der Waals surface area contributed by atoms with Crippen molar-refractivity contribution in [2.24, 2.45) is 9.98 Å². The normalized spacial score (nSPS) is 13.9. The van der Waals surface area contributed by atoms with Crippen molar-refractivity contribution in [3.05, 3.63) is 67.8 Å². The summed E-state index contributed by atoms with van der Waals surface area (Å²) in [5.41, 5.74) is 0.709. The molecule has 0 bridgehead atoms. The summed E-state index contributed by atoms with van der Waals surface area (Å²) < 4.78 is 12.8. The van der Waals surface area contributed by atoms with E-state index in [0.29, 0.717) is 31.8 Å². The maximum absolute atomic E-state index is 10.7. The lowest BCUT2D eigenvalue weighted by molar-refractivity contribution is 0.174. The molecule has 3 heterocycles. The zero-order valence-corrected chi connectivity index (χ0v) is 14.9. The van der Waals surface area contributed by atoms with Gasteiger partial charge < -0.3 is 14.6 Å². The number of fused-ring (bicyclic) bond motifs is 2. The van der Waals surface area contributed by atoms with E-state index in [9.17, 15) is 5.11 Å². The largest absolute Gasteiger partial charge is 0.493 e. The zero-order chi connectivity index (χ0) is 17.7. The number of hydrogen-bond donors (Lipinski definition) is 1. The first-order valence-corrected chi connectivity index (χ1v) is 9.00. The second-order valence-corrected chi connectivity index (χ2v) is 7.32. The smallest absolute Gasteiger partial charge is 0.231 e. The van der Waals surface area contributed by atoms with Crippen LogP contribution in [-0.4, -0.2) is 16.5 Å². The predicted octanol–water partition coefficient (Wildman–Crippen LogP) is 2.95. The molecule has 2 aromatic carbocycles. The van der Waals surface area contributed by atoms with Gasteiger partial charge in [-0.25, -0.2) is 9.98 Å². The van der Waals surface area contributed by atoms with Gasteiger partial charge in [0.15, 0.2) is 21.3 Å². The molecule has 0 saturated heterocycles. The standard InChI is InChI=1S/C18H11N3O3S2/c22-17-15(8-16-19-11-3-1-2-4-12(11)20-16)26-18(25)21(17)10-5-6-13-14(7-10)24-9-23-13/h1-8,22H,9H2. The summed E-state index contributed by atoms with van der Waals surface area (Å²) >= 11 is 6.73. The Morgan fingerprint density at radius 3 is 2.58 bits per heavy atom. The van der Waals surface area contributed by atoms with E-state index in [0.717, 1.165) is 10.7 Å². The second-order valence-electron chi connectivity index (χ2n) is 5.64. The fourth-order valence-electron chi connectivity index (χ4n) is 2.83. The molecule has 5 rings (SSSR count). The number of nitrogens with zero attached hydrogens (tertiary/aromatic N) is 3. The highest BCUT2D eigenvalue weighted by Gasteiger charge is 2.18. The quantitative estimate of drug-likeness (QED) is 0.693. The number of aromatic hydroxyl groups is 1. The predicted molar refractivity (Wildman–Crippen MR) is 99.0 cm³/mol. The summed E-state index contributed by atoms with van der Waals surface area (Å²) in [6, 6.07) is 13.1. The minimum absolute atomic E-state index is 0.0488. The Balaban J connectivity index is 1.59. The molecule has 0 radical (unpaired) electrons. The molecule has 0 saturated carbocycles. The number of ether oxygens (including phenoxy) is 2. The van der Waals surface area contributed by atoms with Gasteiger partial charge in [0.25, 0.3) is 0 Å². The molecule has 128 valence electrons. The van der Waals surface area contributed by atoms with Crippen molar-refractivity contribution in [2.45, 2.75) is 0 Å². The van der Waals surface area contributed by atoms with Gasteiger partial charge in [-0.1, -0.05) is 12.1 Å². The number of para-hydroxylation sites is 2. The summed E-state index contributed by atoms with van der Waals surface area (Å²) in [4.78, 5) is 9.51. The molecular formula is C18H11N3O3S2. The van der Waals surface area contributed by atoms with Crippen LogP contribution in [0.2, 0.25) is 0 Å². The lowest BCUT2D eigenvalue weighted by atomic mass is 10.2. The van der Waals surface area contributed by atoms with E-state index in [1.165, 1.54) is 11.3 Å². The third-order valence-corrected chi connectivity index (χ3v) is 5.35. The van der Waals surface area contributed by atoms with Gasteiger partial charge in [0.2, 0.25) is 12.7 Å². The van der Waals surface area contributed by atoms with E-state index in [1.54, 1.807) is 22.8 Å². The Hall–Kier alpha value is -2.97. The van der Waals surface area contributed by atoms with Gasteiger partial charge in [-0.2, -0.15) is 0 Å². The van der Waals surface area contributed by atoms with Crippen molar-refractivity contribution in [3.8, 4) is 23.1 Å². The van der Waals surface area contributed by atoms with Crippen LogP contribution >= 0.6 is 23.6 Å². The van der Waals surface area contributed by atoms with Crippen LogP contribution in [0.3, 0.4) is 0 Å². The van der Waals surface area contributed by atoms with Crippen LogP contribution in [0.1, 0.15) is 4.88 Å². The molecule has 0 unspecified atom stereocenters. The van der Waals surface area contributed by atoms with Gasteiger partial charge in [-0.05, 0) is 36.5 Å². The van der Waals surface area contributed by atoms with Crippen molar-refractivity contribution in [1.29, 1.82) is 0 Å². The van der Waals surface area contributed by atoms with E-state index >= 15 is 0 Å². The van der Waals surface area contributed by atoms with Gasteiger partial charge in [0.1, 0.15) is 0 Å². The molecular weight excluding hydrogens is 370 g/mol. The molecule has 2 aliphatic rings. The molecule has 0 fully saturated rings. The molecule has 26 heavy (non-hydrogen) atoms. The van der Waals surface area contributed by atoms with Crippen LogP contribution in [0.15, 0.2) is 58.3 Å². The molecule has 1 aromatic heterocycles. The van der Waals surface area contributed by atoms with Crippen molar-refractivity contribution in [1.82, 2.24) is 4.57 Å². The number of rotatable bonds is 2. The Labute approximate surface area is 156 Å². The lowest BCUT2D eigenvalue weighted by Gasteiger charge is -2.05. The van der Waals surface area contributed by atoms with Gasteiger partial charge in [0.05, 0.1) is 21.3 Å². The van der Waals surface area contributed by atoms with E-state index in [2.05, 4.69) is 9.98 Å². The molecule has 1 N–H and O–H groups in total. The Kier molecular flexibility index (Phi) is 3.41. The molecule has 0 atom stereocenters. The average Bonchev–Trinajstić information content (AvgIpc) is 3.32. The minimum atomic E-state index is 0.0488. The first kappa shape index (κ1) is 15.3. The van der Waals surface area contributed by atoms with Crippen LogP contribution in [0.4, 0.5) is 0 Å². The Morgan fingerprint density at radius 1 is 1.08 bits per heavy atom. The highest BCUT2D eigenvalue weighted by Crippen LogP contribution is 2.37. The van der Waals surface area contributed by atoms with Crippen molar-refractivity contribution < 1.29 is 14.6 Å². The maximum atomic E-state index is 10.7. The van der Waals surface area contributed by atoms with Crippen molar-refractivity contribution >= 4 is 29.6 Å². The van der Waals surface area contributed by atoms with Crippen LogP contribution in [-0.2, 0) is 0 Å². The van der Waals surface area contributed by atoms with Crippen LogP contribution in [0, 0.1) is 3.95 Å². The average molecular weight is 381 g/mol. The third kappa shape index (κ3) is 2.42. The maximum Gasteiger partial charge on any atom is 0.231 e. The van der Waals surface area contributed by atoms with E-state index in [4.69, 9.17) is 21.7 Å². The van der Waals surface area contributed by atoms with Gasteiger partial charge in [-0.15, -0.1) is 11.3 Å². The first-order valence-electron chi connectivity index (χ1n) is 7.78. The summed E-state index contributed by atoms with van der Waals surface area (Å²) in [7, 11) is 0.